The van der Waals surface area contributed by atoms with Crippen molar-refractivity contribution in [2.24, 2.45) is 0 Å². The van der Waals surface area contributed by atoms with Crippen LogP contribution in [0.3, 0.4) is 0 Å². The van der Waals surface area contributed by atoms with Crippen LogP contribution in [0.25, 0.3) is 6.08 Å². The largest absolute Gasteiger partial charge is 0.489 e. The highest BCUT2D eigenvalue weighted by atomic mass is 35.5. The first-order chi connectivity index (χ1) is 15.0. The fourth-order valence-electron chi connectivity index (χ4n) is 3.37. The summed E-state index contributed by atoms with van der Waals surface area (Å²) in [5.41, 5.74) is 1.52. The van der Waals surface area contributed by atoms with Crippen LogP contribution in [0, 0.1) is 0 Å². The fourth-order valence-corrected chi connectivity index (χ4v) is 3.87. The van der Waals surface area contributed by atoms with Crippen LogP contribution < -0.4 is 10.1 Å². The molecule has 0 atom stereocenters. The number of carbonyl (C=O) groups excluding carboxylic acids is 2. The predicted octanol–water partition coefficient (Wildman–Crippen LogP) is 5.58. The molecule has 0 saturated heterocycles. The van der Waals surface area contributed by atoms with Gasteiger partial charge in [-0.15, -0.1) is 0 Å². The van der Waals surface area contributed by atoms with Crippen molar-refractivity contribution in [2.75, 3.05) is 6.61 Å². The Morgan fingerprint density at radius 3 is 2.35 bits per heavy atom. The standard InChI is InChI=1S/C24H25Cl2NO4/c25-21-7-4-8-22(26)20(21)15-30-19-12-9-17(10-13-19)11-14-24(29)31-16-23(28)27-18-5-2-1-3-6-18/h4,7-14,18H,1-3,5-6,15-16H2,(H,27,28). The van der Waals surface area contributed by atoms with Gasteiger partial charge in [0.15, 0.2) is 6.61 Å². The molecule has 0 spiro atoms. The summed E-state index contributed by atoms with van der Waals surface area (Å²) in [6.07, 6.45) is 8.38. The van der Waals surface area contributed by atoms with Crippen molar-refractivity contribution in [3.8, 4) is 5.75 Å². The molecule has 2 aromatic rings. The summed E-state index contributed by atoms with van der Waals surface area (Å²) in [6, 6.07) is 12.7. The van der Waals surface area contributed by atoms with Gasteiger partial charge in [0.2, 0.25) is 0 Å². The lowest BCUT2D eigenvalue weighted by atomic mass is 9.95. The SMILES string of the molecule is O=C(COC(=O)C=Cc1ccc(OCc2c(Cl)cccc2Cl)cc1)NC1CCCCC1. The van der Waals surface area contributed by atoms with E-state index in [-0.39, 0.29) is 25.2 Å². The van der Waals surface area contributed by atoms with Crippen molar-refractivity contribution >= 4 is 41.2 Å². The van der Waals surface area contributed by atoms with Crippen LogP contribution in [-0.2, 0) is 20.9 Å². The normalized spacial score (nSPS) is 14.4. The molecule has 0 bridgehead atoms. The molecule has 0 heterocycles. The zero-order chi connectivity index (χ0) is 22.1. The summed E-state index contributed by atoms with van der Waals surface area (Å²) in [5, 5.41) is 4.02. The van der Waals surface area contributed by atoms with Crippen LogP contribution in [0.2, 0.25) is 10.0 Å². The number of esters is 1. The van der Waals surface area contributed by atoms with Gasteiger partial charge in [-0.3, -0.25) is 4.79 Å². The van der Waals surface area contributed by atoms with E-state index < -0.39 is 5.97 Å². The third-order valence-electron chi connectivity index (χ3n) is 5.05. The average Bonchev–Trinajstić information content (AvgIpc) is 2.77. The maximum Gasteiger partial charge on any atom is 0.331 e. The van der Waals surface area contributed by atoms with Gasteiger partial charge in [-0.1, -0.05) is 60.7 Å². The number of hydrogen-bond donors (Lipinski definition) is 1. The number of amides is 1. The summed E-state index contributed by atoms with van der Waals surface area (Å²) >= 11 is 12.3. The Hall–Kier alpha value is -2.50. The van der Waals surface area contributed by atoms with E-state index in [0.29, 0.717) is 15.8 Å². The van der Waals surface area contributed by atoms with Gasteiger partial charge >= 0.3 is 5.97 Å². The summed E-state index contributed by atoms with van der Waals surface area (Å²) in [6.45, 7) is -0.0139. The molecule has 7 heteroatoms. The number of rotatable bonds is 8. The molecule has 31 heavy (non-hydrogen) atoms. The number of halogens is 2. The Morgan fingerprint density at radius 2 is 1.68 bits per heavy atom. The molecule has 1 saturated carbocycles. The van der Waals surface area contributed by atoms with E-state index in [1.807, 2.05) is 12.1 Å². The molecule has 0 unspecified atom stereocenters. The van der Waals surface area contributed by atoms with Crippen LogP contribution in [0.5, 0.6) is 5.75 Å². The first kappa shape index (κ1) is 23.2. The molecular formula is C24H25Cl2NO4. The third kappa shape index (κ3) is 7.60. The Balaban J connectivity index is 1.42. The number of nitrogens with one attached hydrogen (secondary N) is 1. The molecule has 0 radical (unpaired) electrons. The summed E-state index contributed by atoms with van der Waals surface area (Å²) in [7, 11) is 0. The van der Waals surface area contributed by atoms with Crippen LogP contribution >= 0.6 is 23.2 Å². The Kier molecular flexibility index (Phi) is 8.80. The van der Waals surface area contributed by atoms with E-state index in [9.17, 15) is 9.59 Å². The second-order valence-corrected chi connectivity index (χ2v) is 8.22. The average molecular weight is 462 g/mol. The van der Waals surface area contributed by atoms with E-state index in [2.05, 4.69) is 5.32 Å². The number of hydrogen-bond acceptors (Lipinski definition) is 4. The van der Waals surface area contributed by atoms with Gasteiger partial charge in [0.05, 0.1) is 0 Å². The van der Waals surface area contributed by atoms with E-state index >= 15 is 0 Å². The zero-order valence-electron chi connectivity index (χ0n) is 17.1. The quantitative estimate of drug-likeness (QED) is 0.411. The van der Waals surface area contributed by atoms with Gasteiger partial charge in [-0.25, -0.2) is 4.79 Å². The minimum Gasteiger partial charge on any atom is -0.489 e. The van der Waals surface area contributed by atoms with Crippen LogP contribution in [0.1, 0.15) is 43.2 Å². The van der Waals surface area contributed by atoms with Gasteiger partial charge in [0.25, 0.3) is 5.91 Å². The molecular weight excluding hydrogens is 437 g/mol. The van der Waals surface area contributed by atoms with Gasteiger partial charge in [-0.2, -0.15) is 0 Å². The second-order valence-electron chi connectivity index (χ2n) is 7.40. The minimum absolute atomic E-state index is 0.199. The fraction of sp³-hybridized carbons (Fsp3) is 0.333. The minimum atomic E-state index is -0.563. The monoisotopic (exact) mass is 461 g/mol. The number of carbonyl (C=O) groups is 2. The summed E-state index contributed by atoms with van der Waals surface area (Å²) in [4.78, 5) is 23.8. The highest BCUT2D eigenvalue weighted by molar-refractivity contribution is 6.35. The van der Waals surface area contributed by atoms with Crippen molar-refractivity contribution in [2.45, 2.75) is 44.8 Å². The van der Waals surface area contributed by atoms with Crippen molar-refractivity contribution in [3.63, 3.8) is 0 Å². The van der Waals surface area contributed by atoms with Crippen LogP contribution in [0.15, 0.2) is 48.5 Å². The van der Waals surface area contributed by atoms with Crippen LogP contribution in [0.4, 0.5) is 0 Å². The van der Waals surface area contributed by atoms with Crippen molar-refractivity contribution < 1.29 is 19.1 Å². The van der Waals surface area contributed by atoms with Crippen molar-refractivity contribution in [1.29, 1.82) is 0 Å². The molecule has 1 fully saturated rings. The van der Waals surface area contributed by atoms with Gasteiger partial charge in [-0.05, 0) is 48.7 Å². The molecule has 5 nitrogen and oxygen atoms in total. The topological polar surface area (TPSA) is 64.6 Å². The van der Waals surface area contributed by atoms with Crippen molar-refractivity contribution in [3.05, 3.63) is 69.7 Å². The predicted molar refractivity (Wildman–Crippen MR) is 122 cm³/mol. The highest BCUT2D eigenvalue weighted by Gasteiger charge is 2.16. The molecule has 0 aromatic heterocycles. The lowest BCUT2D eigenvalue weighted by Gasteiger charge is -2.22. The molecule has 1 aliphatic rings. The summed E-state index contributed by atoms with van der Waals surface area (Å²) in [5.74, 6) is -0.170. The zero-order valence-corrected chi connectivity index (χ0v) is 18.6. The van der Waals surface area contributed by atoms with E-state index in [0.717, 1.165) is 36.8 Å². The molecule has 1 amide bonds. The molecule has 1 aliphatic carbocycles. The van der Waals surface area contributed by atoms with E-state index in [4.69, 9.17) is 32.7 Å². The summed E-state index contributed by atoms with van der Waals surface area (Å²) < 4.78 is 10.7. The smallest absolute Gasteiger partial charge is 0.331 e. The molecule has 1 N–H and O–H groups in total. The Morgan fingerprint density at radius 1 is 1.00 bits per heavy atom. The van der Waals surface area contributed by atoms with Crippen molar-refractivity contribution in [1.82, 2.24) is 5.32 Å². The highest BCUT2D eigenvalue weighted by Crippen LogP contribution is 2.26. The lowest BCUT2D eigenvalue weighted by molar-refractivity contribution is -0.144. The maximum absolute atomic E-state index is 11.9. The van der Waals surface area contributed by atoms with E-state index in [1.165, 1.54) is 12.5 Å². The number of benzene rings is 2. The molecule has 3 rings (SSSR count). The first-order valence-corrected chi connectivity index (χ1v) is 11.1. The third-order valence-corrected chi connectivity index (χ3v) is 5.76. The first-order valence-electron chi connectivity index (χ1n) is 10.3. The Labute approximate surface area is 192 Å². The molecule has 164 valence electrons. The van der Waals surface area contributed by atoms with Gasteiger partial charge in [0.1, 0.15) is 12.4 Å². The van der Waals surface area contributed by atoms with E-state index in [1.54, 1.807) is 36.4 Å². The Bertz CT molecular complexity index is 901. The second kappa shape index (κ2) is 11.8. The maximum atomic E-state index is 11.9. The lowest BCUT2D eigenvalue weighted by Crippen LogP contribution is -2.38. The number of ether oxygens (including phenoxy) is 2. The molecule has 0 aliphatic heterocycles. The van der Waals surface area contributed by atoms with Crippen LogP contribution in [-0.4, -0.2) is 24.5 Å². The molecule has 2 aromatic carbocycles. The van der Waals surface area contributed by atoms with Gasteiger partial charge in [0, 0.05) is 27.7 Å². The van der Waals surface area contributed by atoms with Gasteiger partial charge < -0.3 is 14.8 Å².